The van der Waals surface area contributed by atoms with E-state index in [0.717, 1.165) is 38.8 Å². The topological polar surface area (TPSA) is 132 Å². The first-order chi connectivity index (χ1) is 20.6. The Bertz CT molecular complexity index is 1750. The molecule has 4 amide bonds. The van der Waals surface area contributed by atoms with Crippen LogP contribution in [-0.2, 0) is 20.9 Å². The van der Waals surface area contributed by atoms with Gasteiger partial charge in [-0.1, -0.05) is 18.2 Å². The summed E-state index contributed by atoms with van der Waals surface area (Å²) in [6.45, 7) is 5.50. The Morgan fingerprint density at radius 3 is 2.47 bits per heavy atom. The van der Waals surface area contributed by atoms with E-state index >= 15 is 0 Å². The van der Waals surface area contributed by atoms with E-state index in [0.29, 0.717) is 5.75 Å². The van der Waals surface area contributed by atoms with E-state index in [9.17, 15) is 19.2 Å². The Balaban J connectivity index is 1.25. The number of imide groups is 1. The Kier molecular flexibility index (Phi) is 8.15. The summed E-state index contributed by atoms with van der Waals surface area (Å²) in [7, 11) is 1.23. The normalized spacial score (nSPS) is 13.8. The maximum Gasteiger partial charge on any atom is 0.373 e. The number of benzene rings is 2. The smallest absolute Gasteiger partial charge is 0.373 e. The second-order valence-corrected chi connectivity index (χ2v) is 9.94. The molecule has 2 N–H and O–H groups in total. The van der Waals surface area contributed by atoms with Crippen LogP contribution in [-0.4, -0.2) is 47.0 Å². The van der Waals surface area contributed by atoms with Gasteiger partial charge in [0.25, 0.3) is 11.8 Å². The highest BCUT2D eigenvalue weighted by Crippen LogP contribution is 2.26. The Morgan fingerprint density at radius 2 is 1.74 bits per heavy atom. The fraction of sp³-hybridized carbons (Fsp3) is 0.188. The average Bonchev–Trinajstić information content (AvgIpc) is 3.65. The van der Waals surface area contributed by atoms with Crippen LogP contribution >= 0.6 is 0 Å². The zero-order valence-electron chi connectivity index (χ0n) is 24.1. The number of methoxy groups -OCH3 is 1. The van der Waals surface area contributed by atoms with Gasteiger partial charge in [0.2, 0.25) is 5.76 Å². The number of nitrogens with zero attached hydrogens (tertiary/aromatic N) is 2. The van der Waals surface area contributed by atoms with Gasteiger partial charge in [-0.3, -0.25) is 14.5 Å². The van der Waals surface area contributed by atoms with Crippen LogP contribution in [0.2, 0.25) is 0 Å². The minimum atomic E-state index is -0.650. The highest BCUT2D eigenvalue weighted by molar-refractivity contribution is 6.14. The number of carbonyl (C=O) groups excluding carboxylic acids is 4. The number of para-hydroxylation sites is 1. The summed E-state index contributed by atoms with van der Waals surface area (Å²) < 4.78 is 17.7. The molecule has 0 atom stereocenters. The van der Waals surface area contributed by atoms with E-state index in [1.54, 1.807) is 18.2 Å². The van der Waals surface area contributed by atoms with Crippen LogP contribution in [0.1, 0.15) is 38.8 Å². The minimum absolute atomic E-state index is 0.0176. The van der Waals surface area contributed by atoms with Gasteiger partial charge in [-0.25, -0.2) is 9.59 Å². The first kappa shape index (κ1) is 28.9. The second-order valence-electron chi connectivity index (χ2n) is 9.94. The highest BCUT2D eigenvalue weighted by Gasteiger charge is 2.34. The summed E-state index contributed by atoms with van der Waals surface area (Å²) in [4.78, 5) is 50.6. The van der Waals surface area contributed by atoms with Gasteiger partial charge in [0.05, 0.1) is 13.7 Å². The molecule has 5 rings (SSSR count). The summed E-state index contributed by atoms with van der Waals surface area (Å²) in [6, 6.07) is 19.1. The molecule has 4 aromatic rings. The predicted molar refractivity (Wildman–Crippen MR) is 158 cm³/mol. The Hall–Kier alpha value is -5.58. The largest absolute Gasteiger partial charge is 0.484 e. The van der Waals surface area contributed by atoms with Crippen LogP contribution < -0.4 is 15.4 Å². The maximum absolute atomic E-state index is 13.1. The van der Waals surface area contributed by atoms with Crippen molar-refractivity contribution in [2.45, 2.75) is 27.3 Å². The van der Waals surface area contributed by atoms with Crippen LogP contribution in [0.3, 0.4) is 0 Å². The number of carbonyl (C=O) groups is 4. The van der Waals surface area contributed by atoms with Crippen LogP contribution in [0, 0.1) is 20.8 Å². The van der Waals surface area contributed by atoms with Gasteiger partial charge in [0.1, 0.15) is 17.2 Å². The van der Waals surface area contributed by atoms with Crippen molar-refractivity contribution in [2.75, 3.05) is 19.0 Å². The molecule has 220 valence electrons. The number of amides is 4. The lowest BCUT2D eigenvalue weighted by Gasteiger charge is -2.12. The van der Waals surface area contributed by atoms with Gasteiger partial charge in [-0.05, 0) is 86.5 Å². The number of anilines is 1. The van der Waals surface area contributed by atoms with Gasteiger partial charge in [-0.2, -0.15) is 0 Å². The van der Waals surface area contributed by atoms with Gasteiger partial charge in [0, 0.05) is 22.8 Å². The van der Waals surface area contributed by atoms with Crippen molar-refractivity contribution >= 4 is 35.6 Å². The van der Waals surface area contributed by atoms with Gasteiger partial charge >= 0.3 is 12.0 Å². The lowest BCUT2D eigenvalue weighted by atomic mass is 10.2. The van der Waals surface area contributed by atoms with Crippen molar-refractivity contribution in [3.05, 3.63) is 106 Å². The molecule has 43 heavy (non-hydrogen) atoms. The molecular formula is C32H30N4O7. The zero-order chi connectivity index (χ0) is 30.7. The number of esters is 1. The van der Waals surface area contributed by atoms with E-state index in [4.69, 9.17) is 9.15 Å². The minimum Gasteiger partial charge on any atom is -0.484 e. The summed E-state index contributed by atoms with van der Waals surface area (Å²) in [5.74, 6) is -0.626. The lowest BCUT2D eigenvalue weighted by Crippen LogP contribution is -2.30. The quantitative estimate of drug-likeness (QED) is 0.163. The third-order valence-corrected chi connectivity index (χ3v) is 6.98. The van der Waals surface area contributed by atoms with Crippen molar-refractivity contribution in [3.8, 4) is 11.4 Å². The van der Waals surface area contributed by atoms with Crippen molar-refractivity contribution < 1.29 is 33.1 Å². The molecular weight excluding hydrogens is 552 g/mol. The number of urea groups is 1. The fourth-order valence-electron chi connectivity index (χ4n) is 4.77. The van der Waals surface area contributed by atoms with Crippen LogP contribution in [0.5, 0.6) is 5.75 Å². The molecule has 3 heterocycles. The highest BCUT2D eigenvalue weighted by atomic mass is 16.5. The van der Waals surface area contributed by atoms with E-state index < -0.39 is 17.9 Å². The molecule has 0 spiro atoms. The van der Waals surface area contributed by atoms with Crippen LogP contribution in [0.25, 0.3) is 11.8 Å². The SMILES string of the molecule is COC(=O)c1ccc(CN2C(=O)N/C(=C\c3cc(C)n(-c4ccc(OCC(=O)Nc5ccccc5C)cc4)c3C)C2=O)o1. The maximum atomic E-state index is 13.1. The monoisotopic (exact) mass is 582 g/mol. The molecule has 1 aliphatic heterocycles. The Morgan fingerprint density at radius 1 is 1.00 bits per heavy atom. The molecule has 2 aromatic carbocycles. The lowest BCUT2D eigenvalue weighted by molar-refractivity contribution is -0.123. The number of aryl methyl sites for hydroxylation is 2. The van der Waals surface area contributed by atoms with Gasteiger partial charge in [0.15, 0.2) is 6.61 Å². The number of hydrogen-bond acceptors (Lipinski definition) is 7. The van der Waals surface area contributed by atoms with E-state index in [1.807, 2.05) is 67.8 Å². The van der Waals surface area contributed by atoms with Gasteiger partial charge in [-0.15, -0.1) is 0 Å². The van der Waals surface area contributed by atoms with Crippen molar-refractivity contribution in [1.29, 1.82) is 0 Å². The molecule has 1 fully saturated rings. The van der Waals surface area contributed by atoms with E-state index in [2.05, 4.69) is 15.4 Å². The molecule has 1 aliphatic rings. The van der Waals surface area contributed by atoms with E-state index in [-0.39, 0.29) is 36.3 Å². The van der Waals surface area contributed by atoms with Crippen LogP contribution in [0.4, 0.5) is 10.5 Å². The molecule has 11 heteroatoms. The summed E-state index contributed by atoms with van der Waals surface area (Å²) in [6.07, 6.45) is 1.63. The molecule has 1 saturated heterocycles. The standard InChI is InChI=1S/C32H30N4O7/c1-19-7-5-6-8-26(19)33-29(37)18-42-24-11-9-23(10-12-24)36-20(2)15-22(21(36)3)16-27-30(38)35(32(40)34-27)17-25-13-14-28(43-25)31(39)41-4/h5-16H,17-18H2,1-4H3,(H,33,37)(H,34,40)/b27-16-. The molecule has 0 saturated carbocycles. The summed E-state index contributed by atoms with van der Waals surface area (Å²) >= 11 is 0. The van der Waals surface area contributed by atoms with E-state index in [1.165, 1.54) is 19.2 Å². The fourth-order valence-corrected chi connectivity index (χ4v) is 4.77. The number of furan rings is 1. The third-order valence-electron chi connectivity index (χ3n) is 6.98. The zero-order valence-corrected chi connectivity index (χ0v) is 24.1. The second kappa shape index (κ2) is 12.1. The molecule has 0 bridgehead atoms. The average molecular weight is 583 g/mol. The summed E-state index contributed by atoms with van der Waals surface area (Å²) in [5.41, 5.74) is 5.21. The number of aromatic nitrogens is 1. The van der Waals surface area contributed by atoms with Crippen molar-refractivity contribution in [3.63, 3.8) is 0 Å². The molecule has 11 nitrogen and oxygen atoms in total. The first-order valence-corrected chi connectivity index (χ1v) is 13.4. The molecule has 2 aromatic heterocycles. The number of ether oxygens (including phenoxy) is 2. The molecule has 0 unspecified atom stereocenters. The molecule has 0 radical (unpaired) electrons. The van der Waals surface area contributed by atoms with Gasteiger partial charge < -0.3 is 29.1 Å². The Labute approximate surface area is 247 Å². The predicted octanol–water partition coefficient (Wildman–Crippen LogP) is 4.89. The van der Waals surface area contributed by atoms with Crippen molar-refractivity contribution in [2.24, 2.45) is 0 Å². The van der Waals surface area contributed by atoms with Crippen molar-refractivity contribution in [1.82, 2.24) is 14.8 Å². The number of nitrogens with one attached hydrogen (secondary N) is 2. The summed E-state index contributed by atoms with van der Waals surface area (Å²) in [5, 5.41) is 5.46. The number of hydrogen-bond donors (Lipinski definition) is 2. The molecule has 0 aliphatic carbocycles. The first-order valence-electron chi connectivity index (χ1n) is 13.4. The number of rotatable bonds is 9. The van der Waals surface area contributed by atoms with Crippen LogP contribution in [0.15, 0.2) is 76.8 Å². The third kappa shape index (κ3) is 6.20.